The molecule has 0 atom stereocenters. The van der Waals surface area contributed by atoms with Gasteiger partial charge in [0.05, 0.1) is 18.0 Å². The van der Waals surface area contributed by atoms with Crippen LogP contribution in [0.1, 0.15) is 0 Å². The molecule has 0 saturated carbocycles. The molecule has 0 amide bonds. The van der Waals surface area contributed by atoms with Gasteiger partial charge in [0.25, 0.3) is 0 Å². The normalized spacial score (nSPS) is 10.8. The molecular weight excluding hydrogens is 347 g/mol. The third-order valence-electron chi connectivity index (χ3n) is 3.39. The molecule has 0 heterocycles. The monoisotopic (exact) mass is 361 g/mol. The summed E-state index contributed by atoms with van der Waals surface area (Å²) in [5.74, 6) is 0.851. The summed E-state index contributed by atoms with van der Waals surface area (Å²) in [5.41, 5.74) is 0. The van der Waals surface area contributed by atoms with E-state index in [1.807, 2.05) is 36.4 Å². The number of hydrogen-bond acceptors (Lipinski definition) is 1. The molecule has 0 aliphatic rings. The first-order valence-electron chi connectivity index (χ1n) is 7.07. The van der Waals surface area contributed by atoms with Gasteiger partial charge in [-0.1, -0.05) is 23.2 Å². The molecule has 0 fully saturated rings. The average Bonchev–Trinajstić information content (AvgIpc) is 2.59. The zero-order valence-electron chi connectivity index (χ0n) is 12.5. The molecule has 0 spiro atoms. The van der Waals surface area contributed by atoms with E-state index in [1.54, 1.807) is 7.11 Å². The Kier molecular flexibility index (Phi) is 5.16. The highest BCUT2D eigenvalue weighted by molar-refractivity contribution is 7.97. The van der Waals surface area contributed by atoms with Crippen molar-refractivity contribution in [3.8, 4) is 5.75 Å². The van der Waals surface area contributed by atoms with E-state index in [4.69, 9.17) is 27.9 Å². The summed E-state index contributed by atoms with van der Waals surface area (Å²) in [5, 5.41) is 1.48. The van der Waals surface area contributed by atoms with Gasteiger partial charge in [0, 0.05) is 10.0 Å². The van der Waals surface area contributed by atoms with E-state index in [0.29, 0.717) is 0 Å². The molecule has 0 aromatic heterocycles. The van der Waals surface area contributed by atoms with Gasteiger partial charge in [0.2, 0.25) is 0 Å². The van der Waals surface area contributed by atoms with Crippen molar-refractivity contribution in [3.63, 3.8) is 0 Å². The quantitative estimate of drug-likeness (QED) is 0.510. The molecule has 0 aliphatic heterocycles. The molecule has 3 aromatic carbocycles. The fourth-order valence-electron chi connectivity index (χ4n) is 2.26. The van der Waals surface area contributed by atoms with Gasteiger partial charge in [-0.3, -0.25) is 0 Å². The third-order valence-corrected chi connectivity index (χ3v) is 6.13. The van der Waals surface area contributed by atoms with Gasteiger partial charge >= 0.3 is 0 Å². The van der Waals surface area contributed by atoms with E-state index in [0.717, 1.165) is 15.8 Å². The first-order valence-corrected chi connectivity index (χ1v) is 9.05. The minimum Gasteiger partial charge on any atom is -0.497 e. The summed E-state index contributed by atoms with van der Waals surface area (Å²) in [6.07, 6.45) is 0. The van der Waals surface area contributed by atoms with Gasteiger partial charge in [-0.2, -0.15) is 0 Å². The van der Waals surface area contributed by atoms with Crippen molar-refractivity contribution in [3.05, 3.63) is 82.8 Å². The van der Waals surface area contributed by atoms with Gasteiger partial charge in [-0.15, -0.1) is 0 Å². The van der Waals surface area contributed by atoms with Crippen LogP contribution in [0.2, 0.25) is 10.0 Å². The van der Waals surface area contributed by atoms with Gasteiger partial charge in [0.15, 0.2) is 14.7 Å². The summed E-state index contributed by atoms with van der Waals surface area (Å²) in [6, 6.07) is 24.2. The first kappa shape index (κ1) is 16.3. The zero-order valence-corrected chi connectivity index (χ0v) is 14.8. The Morgan fingerprint density at radius 3 is 1.30 bits per heavy atom. The van der Waals surface area contributed by atoms with Crippen molar-refractivity contribution in [2.45, 2.75) is 14.7 Å². The van der Waals surface area contributed by atoms with Crippen molar-refractivity contribution >= 4 is 34.1 Å². The largest absolute Gasteiger partial charge is 0.497 e. The molecule has 23 heavy (non-hydrogen) atoms. The first-order chi connectivity index (χ1) is 11.2. The Hall–Kier alpha value is -1.61. The predicted octanol–water partition coefficient (Wildman–Crippen LogP) is 6.10. The minimum atomic E-state index is -0.214. The molecule has 0 N–H and O–H groups in total. The van der Waals surface area contributed by atoms with E-state index >= 15 is 0 Å². The average molecular weight is 362 g/mol. The highest BCUT2D eigenvalue weighted by Gasteiger charge is 2.28. The second-order valence-corrected chi connectivity index (χ2v) is 7.79. The molecule has 1 nitrogen and oxygen atoms in total. The maximum Gasteiger partial charge on any atom is 0.166 e. The molecule has 116 valence electrons. The number of benzene rings is 3. The predicted molar refractivity (Wildman–Crippen MR) is 98.1 cm³/mol. The number of hydrogen-bond donors (Lipinski definition) is 0. The van der Waals surface area contributed by atoms with Crippen LogP contribution >= 0.6 is 23.2 Å². The van der Waals surface area contributed by atoms with E-state index < -0.39 is 0 Å². The molecular formula is C19H15Cl2OS+. The number of halogens is 2. The van der Waals surface area contributed by atoms with Crippen molar-refractivity contribution in [1.82, 2.24) is 0 Å². The van der Waals surface area contributed by atoms with Gasteiger partial charge in [-0.25, -0.2) is 0 Å². The van der Waals surface area contributed by atoms with E-state index in [-0.39, 0.29) is 10.9 Å². The van der Waals surface area contributed by atoms with Crippen molar-refractivity contribution in [1.29, 1.82) is 0 Å². The van der Waals surface area contributed by atoms with Crippen LogP contribution in [0.15, 0.2) is 87.5 Å². The third kappa shape index (κ3) is 3.84. The molecule has 0 unspecified atom stereocenters. The van der Waals surface area contributed by atoms with E-state index in [9.17, 15) is 0 Å². The molecule has 3 aromatic rings. The molecule has 0 aliphatic carbocycles. The van der Waals surface area contributed by atoms with Crippen LogP contribution < -0.4 is 4.74 Å². The second-order valence-electron chi connectivity index (χ2n) is 4.89. The maximum atomic E-state index is 6.04. The molecule has 0 bridgehead atoms. The fraction of sp³-hybridized carbons (Fsp3) is 0.0526. The van der Waals surface area contributed by atoms with Crippen LogP contribution in [0, 0.1) is 0 Å². The SMILES string of the molecule is COc1ccc([S+](c2ccc(Cl)cc2)c2ccc(Cl)cc2)cc1. The highest BCUT2D eigenvalue weighted by atomic mass is 35.5. The summed E-state index contributed by atoms with van der Waals surface area (Å²) < 4.78 is 5.26. The summed E-state index contributed by atoms with van der Waals surface area (Å²) >= 11 is 12.1. The van der Waals surface area contributed by atoms with Gasteiger partial charge in [-0.05, 0) is 72.8 Å². The summed E-state index contributed by atoms with van der Waals surface area (Å²) in [7, 11) is 1.46. The van der Waals surface area contributed by atoms with Gasteiger partial charge < -0.3 is 4.74 Å². The molecule has 3 rings (SSSR count). The Morgan fingerprint density at radius 1 is 0.609 bits per heavy atom. The van der Waals surface area contributed by atoms with E-state index in [2.05, 4.69) is 36.4 Å². The Morgan fingerprint density at radius 2 is 0.957 bits per heavy atom. The Balaban J connectivity index is 2.08. The number of methoxy groups -OCH3 is 1. The van der Waals surface area contributed by atoms with Crippen LogP contribution in [0.25, 0.3) is 0 Å². The van der Waals surface area contributed by atoms with Crippen LogP contribution in [0.5, 0.6) is 5.75 Å². The summed E-state index contributed by atoms with van der Waals surface area (Å²) in [6.45, 7) is 0. The highest BCUT2D eigenvalue weighted by Crippen LogP contribution is 2.33. The van der Waals surface area contributed by atoms with E-state index in [1.165, 1.54) is 14.7 Å². The zero-order chi connectivity index (χ0) is 16.2. The number of ether oxygens (including phenoxy) is 1. The molecule has 0 saturated heterocycles. The second kappa shape index (κ2) is 7.31. The standard InChI is InChI=1S/C19H15Cl2OS/c1-22-16-6-12-19(13-7-16)23(17-8-2-14(20)3-9-17)18-10-4-15(21)5-11-18/h2-13H,1H3/q+1. The van der Waals surface area contributed by atoms with Crippen LogP contribution in [-0.2, 0) is 10.9 Å². The smallest absolute Gasteiger partial charge is 0.166 e. The lowest BCUT2D eigenvalue weighted by atomic mass is 10.3. The van der Waals surface area contributed by atoms with Crippen molar-refractivity contribution in [2.75, 3.05) is 7.11 Å². The van der Waals surface area contributed by atoms with Crippen LogP contribution in [-0.4, -0.2) is 7.11 Å². The molecule has 4 heteroatoms. The maximum absolute atomic E-state index is 6.04. The van der Waals surface area contributed by atoms with Crippen molar-refractivity contribution in [2.24, 2.45) is 0 Å². The number of rotatable bonds is 4. The lowest BCUT2D eigenvalue weighted by Gasteiger charge is -2.09. The lowest BCUT2D eigenvalue weighted by molar-refractivity contribution is 0.414. The van der Waals surface area contributed by atoms with Crippen LogP contribution in [0.3, 0.4) is 0 Å². The minimum absolute atomic E-state index is 0.214. The lowest BCUT2D eigenvalue weighted by Crippen LogP contribution is -2.04. The summed E-state index contributed by atoms with van der Waals surface area (Å²) in [4.78, 5) is 3.64. The fourth-order valence-corrected chi connectivity index (χ4v) is 4.55. The van der Waals surface area contributed by atoms with Crippen LogP contribution in [0.4, 0.5) is 0 Å². The Labute approximate surface area is 149 Å². The van der Waals surface area contributed by atoms with Crippen molar-refractivity contribution < 1.29 is 4.74 Å². The topological polar surface area (TPSA) is 9.23 Å². The van der Waals surface area contributed by atoms with Gasteiger partial charge in [0.1, 0.15) is 5.75 Å². The Bertz CT molecular complexity index is 722. The molecule has 0 radical (unpaired) electrons.